The first kappa shape index (κ1) is 23.3. The van der Waals surface area contributed by atoms with E-state index in [0.717, 1.165) is 29.5 Å². The summed E-state index contributed by atoms with van der Waals surface area (Å²) in [5, 5.41) is 13.6. The monoisotopic (exact) mass is 472 g/mol. The molecule has 2 aromatic rings. The van der Waals surface area contributed by atoms with Gasteiger partial charge in [0.05, 0.1) is 23.2 Å². The van der Waals surface area contributed by atoms with Crippen LogP contribution < -0.4 is 10.1 Å². The molecule has 2 N–H and O–H groups in total. The average molecular weight is 473 g/mol. The summed E-state index contributed by atoms with van der Waals surface area (Å²) in [6, 6.07) is 11.6. The third-order valence-electron chi connectivity index (χ3n) is 6.14. The molecule has 0 spiro atoms. The number of rotatable bonds is 7. The Kier molecular flexibility index (Phi) is 7.00. The summed E-state index contributed by atoms with van der Waals surface area (Å²) in [5.74, 6) is -1.05. The van der Waals surface area contributed by atoms with Crippen molar-refractivity contribution in [1.82, 2.24) is 10.2 Å². The SMILES string of the molecule is CC(=O)N1CC2CC(c3ccc(CCCOc4cc(F)ccc4Cl)cc3)=C(C(=O)O)[C@@H](C1)N2. The number of carboxylic acids is 1. The van der Waals surface area contributed by atoms with E-state index in [1.165, 1.54) is 25.1 Å². The highest BCUT2D eigenvalue weighted by molar-refractivity contribution is 6.32. The van der Waals surface area contributed by atoms with Crippen molar-refractivity contribution < 1.29 is 23.8 Å². The number of aliphatic carboxylic acids is 1. The molecule has 1 saturated heterocycles. The summed E-state index contributed by atoms with van der Waals surface area (Å²) < 4.78 is 18.9. The van der Waals surface area contributed by atoms with Crippen LogP contribution in [0.3, 0.4) is 0 Å². The Morgan fingerprint density at radius 3 is 2.67 bits per heavy atom. The van der Waals surface area contributed by atoms with Crippen LogP contribution in [-0.2, 0) is 16.0 Å². The molecule has 2 aliphatic rings. The number of benzene rings is 2. The van der Waals surface area contributed by atoms with E-state index in [1.54, 1.807) is 4.90 Å². The Labute approximate surface area is 197 Å². The first-order valence-corrected chi connectivity index (χ1v) is 11.3. The minimum atomic E-state index is -0.955. The zero-order valence-corrected chi connectivity index (χ0v) is 19.1. The molecule has 2 bridgehead atoms. The molecule has 8 heteroatoms. The number of nitrogens with zero attached hydrogens (tertiary/aromatic N) is 1. The number of carbonyl (C=O) groups excluding carboxylic acids is 1. The van der Waals surface area contributed by atoms with Gasteiger partial charge in [-0.1, -0.05) is 35.9 Å². The lowest BCUT2D eigenvalue weighted by atomic mass is 9.83. The Balaban J connectivity index is 1.41. The van der Waals surface area contributed by atoms with Gasteiger partial charge in [-0.05, 0) is 48.1 Å². The van der Waals surface area contributed by atoms with E-state index in [-0.39, 0.29) is 18.0 Å². The van der Waals surface area contributed by atoms with Crippen LogP contribution in [0.2, 0.25) is 5.02 Å². The Morgan fingerprint density at radius 1 is 1.21 bits per heavy atom. The maximum Gasteiger partial charge on any atom is 0.333 e. The lowest BCUT2D eigenvalue weighted by molar-refractivity contribution is -0.135. The zero-order valence-electron chi connectivity index (χ0n) is 18.3. The highest BCUT2D eigenvalue weighted by atomic mass is 35.5. The van der Waals surface area contributed by atoms with Crippen molar-refractivity contribution in [3.8, 4) is 5.75 Å². The minimum absolute atomic E-state index is 0.0345. The molecule has 1 amide bonds. The summed E-state index contributed by atoms with van der Waals surface area (Å²) in [6.45, 7) is 2.86. The lowest BCUT2D eigenvalue weighted by Gasteiger charge is -2.43. The van der Waals surface area contributed by atoms with Crippen molar-refractivity contribution >= 4 is 29.1 Å². The number of ether oxygens (including phenoxy) is 1. The number of carboxylic acid groups (broad SMARTS) is 1. The average Bonchev–Trinajstić information content (AvgIpc) is 2.78. The summed E-state index contributed by atoms with van der Waals surface area (Å²) >= 11 is 6.01. The second-order valence-corrected chi connectivity index (χ2v) is 8.87. The number of aryl methyl sites for hydroxylation is 1. The van der Waals surface area contributed by atoms with E-state index in [4.69, 9.17) is 16.3 Å². The standard InChI is InChI=1S/C25H26ClFN2O4/c1-15(30)29-13-19-12-20(24(25(31)32)22(14-29)28-19)17-6-4-16(5-7-17)3-2-10-33-23-11-18(27)8-9-21(23)26/h4-9,11,19,22,28H,2-3,10,12-14H2,1H3,(H,31,32)/t19?,22-/m1/s1. The minimum Gasteiger partial charge on any atom is -0.492 e. The van der Waals surface area contributed by atoms with Crippen molar-refractivity contribution in [2.75, 3.05) is 19.7 Å². The van der Waals surface area contributed by atoms with Crippen LogP contribution in [0.1, 0.15) is 30.9 Å². The predicted molar refractivity (Wildman–Crippen MR) is 124 cm³/mol. The van der Waals surface area contributed by atoms with Gasteiger partial charge in [0.2, 0.25) is 5.91 Å². The van der Waals surface area contributed by atoms with Gasteiger partial charge in [-0.25, -0.2) is 9.18 Å². The van der Waals surface area contributed by atoms with Gasteiger partial charge < -0.3 is 20.1 Å². The fraction of sp³-hybridized carbons (Fsp3) is 0.360. The van der Waals surface area contributed by atoms with Crippen LogP contribution in [0.15, 0.2) is 48.0 Å². The zero-order chi connectivity index (χ0) is 23.5. The summed E-state index contributed by atoms with van der Waals surface area (Å²) in [5.41, 5.74) is 3.16. The van der Waals surface area contributed by atoms with Gasteiger partial charge in [0.25, 0.3) is 0 Å². The first-order valence-electron chi connectivity index (χ1n) is 11.0. The number of amides is 1. The highest BCUT2D eigenvalue weighted by Crippen LogP contribution is 2.33. The number of carbonyl (C=O) groups is 2. The van der Waals surface area contributed by atoms with E-state index >= 15 is 0 Å². The molecular formula is C25H26ClFN2O4. The van der Waals surface area contributed by atoms with E-state index in [0.29, 0.717) is 42.5 Å². The van der Waals surface area contributed by atoms with Gasteiger partial charge in [0, 0.05) is 32.1 Å². The van der Waals surface area contributed by atoms with E-state index in [1.807, 2.05) is 24.3 Å². The van der Waals surface area contributed by atoms with Crippen LogP contribution in [0.25, 0.3) is 5.57 Å². The van der Waals surface area contributed by atoms with Gasteiger partial charge in [-0.2, -0.15) is 0 Å². The van der Waals surface area contributed by atoms with Gasteiger partial charge in [-0.3, -0.25) is 4.79 Å². The third-order valence-corrected chi connectivity index (χ3v) is 6.46. The quantitative estimate of drug-likeness (QED) is 0.597. The largest absolute Gasteiger partial charge is 0.492 e. The number of hydrogen-bond donors (Lipinski definition) is 2. The Hall–Kier alpha value is -2.90. The number of nitrogens with one attached hydrogen (secondary N) is 1. The summed E-state index contributed by atoms with van der Waals surface area (Å²) in [6.07, 6.45) is 2.05. The molecule has 2 aliphatic heterocycles. The molecule has 0 aromatic heterocycles. The molecule has 2 heterocycles. The highest BCUT2D eigenvalue weighted by Gasteiger charge is 2.38. The molecule has 2 aromatic carbocycles. The number of hydrogen-bond acceptors (Lipinski definition) is 4. The van der Waals surface area contributed by atoms with Gasteiger partial charge in [-0.15, -0.1) is 0 Å². The molecule has 6 nitrogen and oxygen atoms in total. The van der Waals surface area contributed by atoms with Crippen LogP contribution in [-0.4, -0.2) is 53.7 Å². The van der Waals surface area contributed by atoms with Crippen LogP contribution in [0.5, 0.6) is 5.75 Å². The van der Waals surface area contributed by atoms with E-state index in [9.17, 15) is 19.1 Å². The summed E-state index contributed by atoms with van der Waals surface area (Å²) in [4.78, 5) is 25.6. The summed E-state index contributed by atoms with van der Waals surface area (Å²) in [7, 11) is 0. The second-order valence-electron chi connectivity index (χ2n) is 8.47. The van der Waals surface area contributed by atoms with Crippen LogP contribution in [0.4, 0.5) is 4.39 Å². The normalized spacial score (nSPS) is 20.0. The molecule has 2 atom stereocenters. The van der Waals surface area contributed by atoms with Gasteiger partial charge in [0.1, 0.15) is 11.6 Å². The first-order chi connectivity index (χ1) is 15.8. The van der Waals surface area contributed by atoms with E-state index in [2.05, 4.69) is 5.32 Å². The second kappa shape index (κ2) is 9.93. The molecule has 1 fully saturated rings. The van der Waals surface area contributed by atoms with Gasteiger partial charge in [0.15, 0.2) is 0 Å². The molecule has 0 saturated carbocycles. The maximum absolute atomic E-state index is 13.3. The van der Waals surface area contributed by atoms with Crippen molar-refractivity contribution in [2.45, 2.75) is 38.3 Å². The Bertz CT molecular complexity index is 1090. The molecule has 1 unspecified atom stereocenters. The van der Waals surface area contributed by atoms with Crippen LogP contribution in [0, 0.1) is 5.82 Å². The number of piperazine rings is 1. The smallest absolute Gasteiger partial charge is 0.333 e. The molecule has 33 heavy (non-hydrogen) atoms. The maximum atomic E-state index is 13.3. The van der Waals surface area contributed by atoms with Crippen LogP contribution >= 0.6 is 11.6 Å². The van der Waals surface area contributed by atoms with Crippen molar-refractivity contribution in [2.24, 2.45) is 0 Å². The fourth-order valence-corrected chi connectivity index (χ4v) is 4.72. The van der Waals surface area contributed by atoms with E-state index < -0.39 is 11.8 Å². The fourth-order valence-electron chi connectivity index (χ4n) is 4.54. The predicted octanol–water partition coefficient (Wildman–Crippen LogP) is 3.92. The molecule has 4 rings (SSSR count). The van der Waals surface area contributed by atoms with Crippen molar-refractivity contribution in [3.05, 3.63) is 70.0 Å². The molecule has 0 radical (unpaired) electrons. The number of fused-ring (bicyclic) bond motifs is 2. The number of halogens is 2. The lowest BCUT2D eigenvalue weighted by Crippen LogP contribution is -2.61. The Morgan fingerprint density at radius 2 is 1.97 bits per heavy atom. The topological polar surface area (TPSA) is 78.9 Å². The molecular weight excluding hydrogens is 447 g/mol. The molecule has 174 valence electrons. The molecule has 0 aliphatic carbocycles. The van der Waals surface area contributed by atoms with Crippen molar-refractivity contribution in [3.63, 3.8) is 0 Å². The third kappa shape index (κ3) is 5.37. The van der Waals surface area contributed by atoms with Gasteiger partial charge >= 0.3 is 5.97 Å². The van der Waals surface area contributed by atoms with Crippen molar-refractivity contribution in [1.29, 1.82) is 0 Å².